The fourth-order valence-corrected chi connectivity index (χ4v) is 4.02. The molecule has 0 spiro atoms. The SMILES string of the molecule is Cc1c(CC2CCCNC2)c(F)cc2c(=O)n(N)c(=O)n(C3CC3)c12. The van der Waals surface area contributed by atoms with Crippen LogP contribution >= 0.6 is 0 Å². The predicted octanol–water partition coefficient (Wildman–Crippen LogP) is 1.20. The number of nitrogens with two attached hydrogens (primary N) is 1. The van der Waals surface area contributed by atoms with Crippen LogP contribution in [0.3, 0.4) is 0 Å². The van der Waals surface area contributed by atoms with E-state index < -0.39 is 11.2 Å². The summed E-state index contributed by atoms with van der Waals surface area (Å²) in [5.74, 6) is 5.63. The Labute approximate surface area is 144 Å². The highest BCUT2D eigenvalue weighted by molar-refractivity contribution is 5.83. The lowest BCUT2D eigenvalue weighted by molar-refractivity contribution is 0.371. The van der Waals surface area contributed by atoms with Crippen LogP contribution in [0.15, 0.2) is 15.7 Å². The van der Waals surface area contributed by atoms with Crippen molar-refractivity contribution in [1.82, 2.24) is 14.6 Å². The summed E-state index contributed by atoms with van der Waals surface area (Å²) in [6.07, 6.45) is 4.52. The quantitative estimate of drug-likeness (QED) is 0.818. The maximum Gasteiger partial charge on any atom is 0.350 e. The average molecular weight is 346 g/mol. The smallest absolute Gasteiger partial charge is 0.332 e. The van der Waals surface area contributed by atoms with Crippen LogP contribution in [0.5, 0.6) is 0 Å². The third-order valence-corrected chi connectivity index (χ3v) is 5.53. The Morgan fingerprint density at radius 2 is 2.08 bits per heavy atom. The number of aryl methyl sites for hydroxylation is 1. The molecule has 4 rings (SSSR count). The maximum atomic E-state index is 14.8. The zero-order valence-corrected chi connectivity index (χ0v) is 14.3. The number of rotatable bonds is 3. The predicted molar refractivity (Wildman–Crippen MR) is 94.9 cm³/mol. The molecule has 1 aliphatic heterocycles. The lowest BCUT2D eigenvalue weighted by atomic mass is 9.89. The molecule has 1 aliphatic carbocycles. The number of halogens is 1. The molecule has 1 saturated carbocycles. The Morgan fingerprint density at radius 3 is 2.72 bits per heavy atom. The number of nitrogen functional groups attached to an aromatic ring is 1. The van der Waals surface area contributed by atoms with Gasteiger partial charge in [-0.3, -0.25) is 9.36 Å². The number of nitrogens with zero attached hydrogens (tertiary/aromatic N) is 2. The Hall–Kier alpha value is -2.15. The van der Waals surface area contributed by atoms with Gasteiger partial charge in [-0.2, -0.15) is 4.68 Å². The van der Waals surface area contributed by atoms with Gasteiger partial charge in [-0.25, -0.2) is 9.18 Å². The summed E-state index contributed by atoms with van der Waals surface area (Å²) in [6, 6.07) is 1.32. The average Bonchev–Trinajstić information content (AvgIpc) is 3.44. The van der Waals surface area contributed by atoms with E-state index in [1.54, 1.807) is 4.57 Å². The summed E-state index contributed by atoms with van der Waals surface area (Å²) in [7, 11) is 0. The zero-order valence-electron chi connectivity index (χ0n) is 14.3. The summed E-state index contributed by atoms with van der Waals surface area (Å²) in [5, 5.41) is 3.54. The third-order valence-electron chi connectivity index (χ3n) is 5.53. The molecular weight excluding hydrogens is 323 g/mol. The molecule has 2 fully saturated rings. The molecule has 134 valence electrons. The van der Waals surface area contributed by atoms with E-state index in [9.17, 15) is 14.0 Å². The van der Waals surface area contributed by atoms with E-state index in [-0.39, 0.29) is 17.2 Å². The molecule has 0 radical (unpaired) electrons. The molecule has 2 aromatic rings. The maximum absolute atomic E-state index is 14.8. The van der Waals surface area contributed by atoms with Crippen molar-refractivity contribution in [3.8, 4) is 0 Å². The van der Waals surface area contributed by atoms with Crippen molar-refractivity contribution >= 4 is 10.9 Å². The Morgan fingerprint density at radius 1 is 1.32 bits per heavy atom. The normalized spacial score (nSPS) is 21.0. The zero-order chi connectivity index (χ0) is 17.7. The highest BCUT2D eigenvalue weighted by Gasteiger charge is 2.30. The molecule has 2 aliphatic rings. The van der Waals surface area contributed by atoms with Crippen molar-refractivity contribution in [1.29, 1.82) is 0 Å². The summed E-state index contributed by atoms with van der Waals surface area (Å²) in [4.78, 5) is 24.9. The number of hydrogen-bond donors (Lipinski definition) is 2. The highest BCUT2D eigenvalue weighted by Crippen LogP contribution is 2.37. The minimum atomic E-state index is -0.634. The number of hydrogen-bond acceptors (Lipinski definition) is 4. The van der Waals surface area contributed by atoms with Crippen molar-refractivity contribution in [3.63, 3.8) is 0 Å². The number of benzene rings is 1. The molecule has 2 heterocycles. The molecule has 1 saturated heterocycles. The minimum Gasteiger partial charge on any atom is -0.332 e. The van der Waals surface area contributed by atoms with E-state index in [1.165, 1.54) is 6.07 Å². The van der Waals surface area contributed by atoms with Gasteiger partial charge in [0.2, 0.25) is 0 Å². The summed E-state index contributed by atoms with van der Waals surface area (Å²) in [6.45, 7) is 3.69. The first-order valence-electron chi connectivity index (χ1n) is 8.94. The molecule has 1 atom stereocenters. The second-order valence-electron chi connectivity index (χ2n) is 7.33. The van der Waals surface area contributed by atoms with Crippen molar-refractivity contribution in [3.05, 3.63) is 43.8 Å². The minimum absolute atomic E-state index is 0.0544. The second-order valence-corrected chi connectivity index (χ2v) is 7.33. The molecule has 25 heavy (non-hydrogen) atoms. The first-order chi connectivity index (χ1) is 12.0. The largest absolute Gasteiger partial charge is 0.350 e. The van der Waals surface area contributed by atoms with E-state index >= 15 is 0 Å². The van der Waals surface area contributed by atoms with Crippen LogP contribution in [0.1, 0.15) is 42.9 Å². The van der Waals surface area contributed by atoms with E-state index in [0.717, 1.165) is 38.8 Å². The topological polar surface area (TPSA) is 82.1 Å². The van der Waals surface area contributed by atoms with Gasteiger partial charge in [0.1, 0.15) is 5.82 Å². The lowest BCUT2D eigenvalue weighted by Crippen LogP contribution is -2.44. The van der Waals surface area contributed by atoms with Crippen molar-refractivity contribution in [2.45, 2.75) is 45.1 Å². The van der Waals surface area contributed by atoms with E-state index in [4.69, 9.17) is 5.84 Å². The van der Waals surface area contributed by atoms with Gasteiger partial charge in [-0.1, -0.05) is 0 Å². The van der Waals surface area contributed by atoms with Crippen LogP contribution in [0.2, 0.25) is 0 Å². The second kappa shape index (κ2) is 5.98. The van der Waals surface area contributed by atoms with Gasteiger partial charge < -0.3 is 11.2 Å². The molecule has 3 N–H and O–H groups in total. The van der Waals surface area contributed by atoms with E-state index in [1.807, 2.05) is 6.92 Å². The fraction of sp³-hybridized carbons (Fsp3) is 0.556. The molecule has 1 unspecified atom stereocenters. The van der Waals surface area contributed by atoms with Gasteiger partial charge in [0.05, 0.1) is 10.9 Å². The van der Waals surface area contributed by atoms with Crippen molar-refractivity contribution in [2.75, 3.05) is 18.9 Å². The third kappa shape index (κ3) is 2.66. The standard InChI is InChI=1S/C18H23FN4O2/c1-10-13(7-11-3-2-6-21-9-11)15(19)8-14-16(10)22(12-4-5-12)18(25)23(20)17(14)24/h8,11-12,21H,2-7,9,20H2,1H3. The van der Waals surface area contributed by atoms with Crippen LogP contribution in [-0.4, -0.2) is 22.3 Å². The van der Waals surface area contributed by atoms with E-state index in [0.29, 0.717) is 33.7 Å². The van der Waals surface area contributed by atoms with Crippen molar-refractivity contribution in [2.24, 2.45) is 5.92 Å². The molecule has 1 aromatic carbocycles. The van der Waals surface area contributed by atoms with Crippen LogP contribution in [0.25, 0.3) is 10.9 Å². The van der Waals surface area contributed by atoms with Crippen molar-refractivity contribution < 1.29 is 4.39 Å². The number of piperidine rings is 1. The number of aromatic nitrogens is 2. The van der Waals surface area contributed by atoms with Gasteiger partial charge >= 0.3 is 5.69 Å². The summed E-state index contributed by atoms with van der Waals surface area (Å²) in [5.41, 5.74) is 0.718. The van der Waals surface area contributed by atoms with Gasteiger partial charge in [0, 0.05) is 6.04 Å². The monoisotopic (exact) mass is 346 g/mol. The number of fused-ring (bicyclic) bond motifs is 1. The molecule has 0 bridgehead atoms. The molecule has 1 aromatic heterocycles. The van der Waals surface area contributed by atoms with Gasteiger partial charge in [-0.15, -0.1) is 0 Å². The number of nitrogens with one attached hydrogen (secondary N) is 1. The molecular formula is C18H23FN4O2. The van der Waals surface area contributed by atoms with Crippen LogP contribution in [0, 0.1) is 18.7 Å². The van der Waals surface area contributed by atoms with Gasteiger partial charge in [0.25, 0.3) is 5.56 Å². The Balaban J connectivity index is 1.94. The van der Waals surface area contributed by atoms with Gasteiger partial charge in [0.15, 0.2) is 0 Å². The van der Waals surface area contributed by atoms with Crippen LogP contribution in [-0.2, 0) is 6.42 Å². The van der Waals surface area contributed by atoms with Crippen LogP contribution < -0.4 is 22.4 Å². The molecule has 0 amide bonds. The van der Waals surface area contributed by atoms with Crippen LogP contribution in [0.4, 0.5) is 4.39 Å². The summed E-state index contributed by atoms with van der Waals surface area (Å²) >= 11 is 0. The molecule has 7 heteroatoms. The fourth-order valence-electron chi connectivity index (χ4n) is 4.02. The Bertz CT molecular complexity index is 952. The highest BCUT2D eigenvalue weighted by atomic mass is 19.1. The van der Waals surface area contributed by atoms with E-state index in [2.05, 4.69) is 5.32 Å². The molecule has 6 nitrogen and oxygen atoms in total. The lowest BCUT2D eigenvalue weighted by Gasteiger charge is -2.24. The first kappa shape index (κ1) is 16.3. The first-order valence-corrected chi connectivity index (χ1v) is 8.94. The summed E-state index contributed by atoms with van der Waals surface area (Å²) < 4.78 is 17.0. The Kier molecular flexibility index (Phi) is 3.91. The van der Waals surface area contributed by atoms with Gasteiger partial charge in [-0.05, 0) is 75.2 Å².